The van der Waals surface area contributed by atoms with Gasteiger partial charge in [0.2, 0.25) is 0 Å². The number of aryl methyl sites for hydroxylation is 2. The quantitative estimate of drug-likeness (QED) is 0.725. The molecule has 8 nitrogen and oxygen atoms in total. The van der Waals surface area contributed by atoms with Crippen molar-refractivity contribution in [2.45, 2.75) is 13.8 Å². The van der Waals surface area contributed by atoms with E-state index in [2.05, 4.69) is 25.9 Å². The molecule has 0 unspecified atom stereocenters. The van der Waals surface area contributed by atoms with Gasteiger partial charge in [-0.2, -0.15) is 0 Å². The summed E-state index contributed by atoms with van der Waals surface area (Å²) in [7, 11) is 0. The molecule has 1 fully saturated rings. The standard InChI is InChI=1S/C18H22ClN5O3/c1-11-3-16(27-9-13-6-20-10-26-8-13)15(4-14(11)19)23-18(25)24-17-7-21-12(2)5-22-17/h3-5,7,13,20H,6,8-10H2,1-2H3,(H2,22,23,24,25)/t13-/m1/s1. The van der Waals surface area contributed by atoms with Crippen molar-refractivity contribution in [3.05, 3.63) is 40.8 Å². The maximum atomic E-state index is 12.3. The molecule has 3 rings (SSSR count). The Kier molecular flexibility index (Phi) is 6.44. The smallest absolute Gasteiger partial charge is 0.325 e. The lowest BCUT2D eigenvalue weighted by atomic mass is 10.1. The maximum Gasteiger partial charge on any atom is 0.325 e. The summed E-state index contributed by atoms with van der Waals surface area (Å²) in [5.41, 5.74) is 2.11. The molecule has 2 aromatic rings. The van der Waals surface area contributed by atoms with Gasteiger partial charge >= 0.3 is 6.03 Å². The highest BCUT2D eigenvalue weighted by molar-refractivity contribution is 6.31. The third kappa shape index (κ3) is 5.53. The van der Waals surface area contributed by atoms with Crippen LogP contribution in [0.1, 0.15) is 11.3 Å². The Bertz CT molecular complexity index is 794. The number of hydrogen-bond acceptors (Lipinski definition) is 6. The van der Waals surface area contributed by atoms with Crippen molar-refractivity contribution < 1.29 is 14.3 Å². The fraction of sp³-hybridized carbons (Fsp3) is 0.389. The van der Waals surface area contributed by atoms with E-state index in [0.29, 0.717) is 42.2 Å². The molecule has 9 heteroatoms. The number of benzene rings is 1. The van der Waals surface area contributed by atoms with Gasteiger partial charge in [0.1, 0.15) is 5.75 Å². The third-order valence-corrected chi connectivity index (χ3v) is 4.40. The molecule has 3 N–H and O–H groups in total. The molecule has 1 saturated heterocycles. The highest BCUT2D eigenvalue weighted by Gasteiger charge is 2.17. The molecule has 0 spiro atoms. The van der Waals surface area contributed by atoms with Crippen LogP contribution < -0.4 is 20.7 Å². The predicted octanol–water partition coefficient (Wildman–Crippen LogP) is 2.96. The molecule has 0 saturated carbocycles. The molecule has 27 heavy (non-hydrogen) atoms. The summed E-state index contributed by atoms with van der Waals surface area (Å²) in [5, 5.41) is 9.08. The third-order valence-electron chi connectivity index (χ3n) is 4.00. The first-order valence-electron chi connectivity index (χ1n) is 8.59. The minimum atomic E-state index is -0.458. The zero-order valence-electron chi connectivity index (χ0n) is 15.2. The first-order valence-corrected chi connectivity index (χ1v) is 8.97. The number of halogens is 1. The van der Waals surface area contributed by atoms with Crippen LogP contribution in [0.5, 0.6) is 5.75 Å². The van der Waals surface area contributed by atoms with Crippen LogP contribution >= 0.6 is 11.6 Å². The second kappa shape index (κ2) is 8.98. The summed E-state index contributed by atoms with van der Waals surface area (Å²) in [5.74, 6) is 1.14. The summed E-state index contributed by atoms with van der Waals surface area (Å²) in [6.45, 7) is 6.18. The van der Waals surface area contributed by atoms with E-state index >= 15 is 0 Å². The summed E-state index contributed by atoms with van der Waals surface area (Å²) in [4.78, 5) is 20.5. The molecule has 144 valence electrons. The van der Waals surface area contributed by atoms with Gasteiger partial charge in [-0.25, -0.2) is 9.78 Å². The minimum absolute atomic E-state index is 0.235. The molecule has 0 radical (unpaired) electrons. The molecule has 0 bridgehead atoms. The van der Waals surface area contributed by atoms with E-state index in [9.17, 15) is 4.79 Å². The van der Waals surface area contributed by atoms with Gasteiger partial charge in [-0.3, -0.25) is 15.6 Å². The Morgan fingerprint density at radius 1 is 1.33 bits per heavy atom. The summed E-state index contributed by atoms with van der Waals surface area (Å²) < 4.78 is 11.3. The molecule has 1 atom stereocenters. The molecule has 1 aliphatic heterocycles. The topological polar surface area (TPSA) is 97.4 Å². The molecule has 1 aromatic carbocycles. The Balaban J connectivity index is 1.67. The first-order chi connectivity index (χ1) is 13.0. The number of nitrogens with zero attached hydrogens (tertiary/aromatic N) is 2. The second-order valence-corrected chi connectivity index (χ2v) is 6.77. The van der Waals surface area contributed by atoms with Crippen molar-refractivity contribution in [2.75, 3.05) is 37.1 Å². The number of amides is 2. The van der Waals surface area contributed by atoms with Crippen molar-refractivity contribution in [2.24, 2.45) is 5.92 Å². The molecular weight excluding hydrogens is 370 g/mol. The first kappa shape index (κ1) is 19.3. The Labute approximate surface area is 162 Å². The molecule has 0 aliphatic carbocycles. The number of aromatic nitrogens is 2. The Morgan fingerprint density at radius 2 is 2.19 bits per heavy atom. The van der Waals surface area contributed by atoms with Gasteiger partial charge < -0.3 is 14.8 Å². The van der Waals surface area contributed by atoms with Crippen LogP contribution in [0.4, 0.5) is 16.3 Å². The van der Waals surface area contributed by atoms with Crippen LogP contribution in [0.3, 0.4) is 0 Å². The van der Waals surface area contributed by atoms with Gasteiger partial charge in [-0.15, -0.1) is 0 Å². The van der Waals surface area contributed by atoms with E-state index in [4.69, 9.17) is 21.1 Å². The number of hydrogen-bond donors (Lipinski definition) is 3. The molecule has 2 heterocycles. The average molecular weight is 392 g/mol. The summed E-state index contributed by atoms with van der Waals surface area (Å²) >= 11 is 6.22. The van der Waals surface area contributed by atoms with Crippen molar-refractivity contribution in [1.29, 1.82) is 0 Å². The highest BCUT2D eigenvalue weighted by atomic mass is 35.5. The monoisotopic (exact) mass is 391 g/mol. The maximum absolute atomic E-state index is 12.3. The van der Waals surface area contributed by atoms with E-state index in [1.807, 2.05) is 13.8 Å². The van der Waals surface area contributed by atoms with Gasteiger partial charge in [0, 0.05) is 17.5 Å². The minimum Gasteiger partial charge on any atom is -0.491 e. The average Bonchev–Trinajstić information content (AvgIpc) is 2.66. The number of carbonyl (C=O) groups excluding carboxylic acids is 1. The molecular formula is C18H22ClN5O3. The Morgan fingerprint density at radius 3 is 2.89 bits per heavy atom. The summed E-state index contributed by atoms with van der Waals surface area (Å²) in [6.07, 6.45) is 3.07. The van der Waals surface area contributed by atoms with Gasteiger partial charge in [-0.1, -0.05) is 11.6 Å². The number of carbonyl (C=O) groups is 1. The highest BCUT2D eigenvalue weighted by Crippen LogP contribution is 2.31. The number of rotatable bonds is 5. The zero-order chi connectivity index (χ0) is 19.2. The van der Waals surface area contributed by atoms with Crippen LogP contribution in [0, 0.1) is 19.8 Å². The fourth-order valence-electron chi connectivity index (χ4n) is 2.53. The van der Waals surface area contributed by atoms with Gasteiger partial charge in [0.15, 0.2) is 5.82 Å². The Hall–Kier alpha value is -2.42. The van der Waals surface area contributed by atoms with Crippen LogP contribution in [0.2, 0.25) is 5.02 Å². The number of ether oxygens (including phenoxy) is 2. The molecule has 1 aliphatic rings. The van der Waals surface area contributed by atoms with E-state index < -0.39 is 6.03 Å². The molecule has 1 aromatic heterocycles. The van der Waals surface area contributed by atoms with Crippen LogP contribution in [-0.2, 0) is 4.74 Å². The van der Waals surface area contributed by atoms with Crippen LogP contribution in [0.25, 0.3) is 0 Å². The van der Waals surface area contributed by atoms with Gasteiger partial charge in [0.05, 0.1) is 43.7 Å². The van der Waals surface area contributed by atoms with Crippen molar-refractivity contribution in [3.63, 3.8) is 0 Å². The van der Waals surface area contributed by atoms with Crippen molar-refractivity contribution in [1.82, 2.24) is 15.3 Å². The lowest BCUT2D eigenvalue weighted by molar-refractivity contribution is 0.0286. The van der Waals surface area contributed by atoms with Crippen LogP contribution in [-0.4, -0.2) is 42.5 Å². The van der Waals surface area contributed by atoms with E-state index in [0.717, 1.165) is 17.8 Å². The predicted molar refractivity (Wildman–Crippen MR) is 103 cm³/mol. The summed E-state index contributed by atoms with van der Waals surface area (Å²) in [6, 6.07) is 3.02. The van der Waals surface area contributed by atoms with Gasteiger partial charge in [0.25, 0.3) is 0 Å². The fourth-order valence-corrected chi connectivity index (χ4v) is 2.70. The van der Waals surface area contributed by atoms with Crippen LogP contribution in [0.15, 0.2) is 24.5 Å². The van der Waals surface area contributed by atoms with E-state index in [1.165, 1.54) is 6.20 Å². The number of nitrogens with one attached hydrogen (secondary N) is 3. The largest absolute Gasteiger partial charge is 0.491 e. The van der Waals surface area contributed by atoms with Gasteiger partial charge in [-0.05, 0) is 31.5 Å². The SMILES string of the molecule is Cc1cnc(NC(=O)Nc2cc(Cl)c(C)cc2OC[C@@H]2CNCOC2)cn1. The second-order valence-electron chi connectivity index (χ2n) is 6.37. The van der Waals surface area contributed by atoms with Crippen molar-refractivity contribution >= 4 is 29.1 Å². The van der Waals surface area contributed by atoms with Crippen molar-refractivity contribution in [3.8, 4) is 5.75 Å². The normalized spacial score (nSPS) is 16.6. The number of urea groups is 1. The molecule has 2 amide bonds. The lowest BCUT2D eigenvalue weighted by Gasteiger charge is -2.24. The lowest BCUT2D eigenvalue weighted by Crippen LogP contribution is -2.37. The number of anilines is 2. The van der Waals surface area contributed by atoms with E-state index in [1.54, 1.807) is 18.3 Å². The van der Waals surface area contributed by atoms with E-state index in [-0.39, 0.29) is 5.92 Å². The zero-order valence-corrected chi connectivity index (χ0v) is 16.0.